The topological polar surface area (TPSA) is 98.7 Å². The third-order valence-electron chi connectivity index (χ3n) is 5.30. The van der Waals surface area contributed by atoms with Crippen molar-refractivity contribution in [3.8, 4) is 5.75 Å². The van der Waals surface area contributed by atoms with E-state index in [4.69, 9.17) is 0 Å². The minimum atomic E-state index is -0.660. The summed E-state index contributed by atoms with van der Waals surface area (Å²) in [5.74, 6) is -0.470. The second-order valence-corrected chi connectivity index (χ2v) is 9.48. The van der Waals surface area contributed by atoms with Gasteiger partial charge in [0.2, 0.25) is 0 Å². The monoisotopic (exact) mass is 441 g/mol. The first-order valence-corrected chi connectivity index (χ1v) is 10.8. The molecule has 7 nitrogen and oxygen atoms in total. The molecule has 0 aliphatic rings. The van der Waals surface area contributed by atoms with Gasteiger partial charge in [-0.2, -0.15) is 0 Å². The van der Waals surface area contributed by atoms with Crippen LogP contribution in [0.5, 0.6) is 5.75 Å². The molecule has 0 radical (unpaired) electrons. The molecule has 3 N–H and O–H groups in total. The normalized spacial score (nSPS) is 12.2. The predicted octanol–water partition coefficient (Wildman–Crippen LogP) is 3.92. The standard InChI is InChI=1S/C23H27N3O4S/c1-11(2)17(16-10-12(3)13(4)31-16)25-19-18(21(28)22(19)29)24-15-9-7-8-14(20(15)27)23(30)26(5)6/h7-11,17,24-25,27H,1-6H3/t17-/m1/s1. The van der Waals surface area contributed by atoms with E-state index >= 15 is 0 Å². The van der Waals surface area contributed by atoms with Crippen molar-refractivity contribution >= 4 is 34.3 Å². The minimum absolute atomic E-state index is 0.0883. The van der Waals surface area contributed by atoms with Crippen LogP contribution in [0.2, 0.25) is 0 Å². The first kappa shape index (κ1) is 22.6. The van der Waals surface area contributed by atoms with E-state index in [1.807, 2.05) is 20.8 Å². The molecule has 0 saturated carbocycles. The fourth-order valence-electron chi connectivity index (χ4n) is 3.32. The number of amides is 1. The number of aryl methyl sites for hydroxylation is 2. The fourth-order valence-corrected chi connectivity index (χ4v) is 4.59. The van der Waals surface area contributed by atoms with E-state index in [9.17, 15) is 19.5 Å². The van der Waals surface area contributed by atoms with Crippen LogP contribution in [0.4, 0.5) is 17.1 Å². The van der Waals surface area contributed by atoms with E-state index in [-0.39, 0.29) is 46.2 Å². The second kappa shape index (κ2) is 8.55. The number of phenols is 1. The molecule has 0 unspecified atom stereocenters. The Kier molecular flexibility index (Phi) is 6.22. The molecule has 1 aromatic heterocycles. The number of benzene rings is 1. The van der Waals surface area contributed by atoms with Gasteiger partial charge in [-0.05, 0) is 43.5 Å². The van der Waals surface area contributed by atoms with Crippen molar-refractivity contribution in [2.45, 2.75) is 33.7 Å². The van der Waals surface area contributed by atoms with Crippen LogP contribution >= 0.6 is 11.3 Å². The van der Waals surface area contributed by atoms with E-state index < -0.39 is 10.9 Å². The van der Waals surface area contributed by atoms with Gasteiger partial charge in [0.1, 0.15) is 11.4 Å². The summed E-state index contributed by atoms with van der Waals surface area (Å²) in [6.45, 7) is 8.18. The molecule has 2 aromatic carbocycles. The Morgan fingerprint density at radius 2 is 1.74 bits per heavy atom. The molecule has 0 aliphatic heterocycles. The number of phenolic OH excluding ortho intramolecular Hbond substituents is 1. The SMILES string of the molecule is Cc1cc([C@H](Nc2c(Nc3cccc(C(=O)N(C)C)c3O)c(=O)c2=O)C(C)C)sc1C. The summed E-state index contributed by atoms with van der Waals surface area (Å²) in [6.07, 6.45) is 0. The van der Waals surface area contributed by atoms with Crippen LogP contribution in [0, 0.1) is 19.8 Å². The Bertz CT molecular complexity index is 1180. The Morgan fingerprint density at radius 3 is 2.29 bits per heavy atom. The molecule has 3 rings (SSSR count). The largest absolute Gasteiger partial charge is 0.505 e. The molecule has 31 heavy (non-hydrogen) atoms. The van der Waals surface area contributed by atoms with Crippen LogP contribution in [-0.2, 0) is 0 Å². The number of carbonyl (C=O) groups is 1. The molecule has 3 aromatic rings. The molecule has 164 valence electrons. The highest BCUT2D eigenvalue weighted by atomic mass is 32.1. The Balaban J connectivity index is 1.94. The van der Waals surface area contributed by atoms with Crippen LogP contribution in [0.15, 0.2) is 33.9 Å². The van der Waals surface area contributed by atoms with Crippen molar-refractivity contribution in [2.75, 3.05) is 24.7 Å². The molecule has 1 amide bonds. The Hall–Kier alpha value is -3.13. The van der Waals surface area contributed by atoms with Crippen molar-refractivity contribution in [3.05, 3.63) is 65.6 Å². The van der Waals surface area contributed by atoms with E-state index in [1.54, 1.807) is 37.6 Å². The molecule has 0 aliphatic carbocycles. The van der Waals surface area contributed by atoms with Gasteiger partial charge in [-0.3, -0.25) is 14.4 Å². The third-order valence-corrected chi connectivity index (χ3v) is 6.54. The molecule has 1 heterocycles. The highest BCUT2D eigenvalue weighted by molar-refractivity contribution is 7.12. The number of nitrogens with one attached hydrogen (secondary N) is 2. The van der Waals surface area contributed by atoms with Gasteiger partial charge in [0.05, 0.1) is 17.3 Å². The number of aromatic hydroxyl groups is 1. The van der Waals surface area contributed by atoms with Crippen molar-refractivity contribution in [2.24, 2.45) is 5.92 Å². The fraction of sp³-hybridized carbons (Fsp3) is 0.348. The van der Waals surface area contributed by atoms with Gasteiger partial charge in [0.25, 0.3) is 16.8 Å². The van der Waals surface area contributed by atoms with Gasteiger partial charge < -0.3 is 20.6 Å². The van der Waals surface area contributed by atoms with Crippen LogP contribution < -0.4 is 21.5 Å². The molecule has 1 atom stereocenters. The van der Waals surface area contributed by atoms with E-state index in [1.165, 1.54) is 21.4 Å². The molecule has 0 spiro atoms. The summed E-state index contributed by atoms with van der Waals surface area (Å²) in [5.41, 5.74) is 0.495. The molecular formula is C23H27N3O4S. The lowest BCUT2D eigenvalue weighted by molar-refractivity contribution is 0.0824. The lowest BCUT2D eigenvalue weighted by atomic mass is 10.0. The quantitative estimate of drug-likeness (QED) is 0.380. The van der Waals surface area contributed by atoms with Crippen LogP contribution in [-0.4, -0.2) is 30.0 Å². The maximum Gasteiger partial charge on any atom is 0.257 e. The zero-order valence-electron chi connectivity index (χ0n) is 18.5. The highest BCUT2D eigenvalue weighted by Crippen LogP contribution is 2.36. The summed E-state index contributed by atoms with van der Waals surface area (Å²) in [4.78, 5) is 40.6. The zero-order valence-corrected chi connectivity index (χ0v) is 19.3. The first-order valence-electron chi connectivity index (χ1n) is 10.00. The maximum atomic E-state index is 12.3. The molecule has 8 heteroatoms. The number of nitrogens with zero attached hydrogens (tertiary/aromatic N) is 1. The van der Waals surface area contributed by atoms with E-state index in [2.05, 4.69) is 23.6 Å². The van der Waals surface area contributed by atoms with Gasteiger partial charge in [-0.1, -0.05) is 19.9 Å². The van der Waals surface area contributed by atoms with Crippen LogP contribution in [0.3, 0.4) is 0 Å². The van der Waals surface area contributed by atoms with E-state index in [0.717, 1.165) is 4.88 Å². The zero-order chi connectivity index (χ0) is 23.0. The maximum absolute atomic E-state index is 12.3. The number of rotatable bonds is 7. The number of para-hydroxylation sites is 1. The number of carbonyl (C=O) groups excluding carboxylic acids is 1. The summed E-state index contributed by atoms with van der Waals surface area (Å²) >= 11 is 1.66. The molecule has 0 bridgehead atoms. The van der Waals surface area contributed by atoms with Crippen molar-refractivity contribution < 1.29 is 9.90 Å². The smallest absolute Gasteiger partial charge is 0.257 e. The summed E-state index contributed by atoms with van der Waals surface area (Å²) in [6, 6.07) is 6.61. The third kappa shape index (κ3) is 4.20. The summed E-state index contributed by atoms with van der Waals surface area (Å²) < 4.78 is 0. The lowest BCUT2D eigenvalue weighted by Crippen LogP contribution is -2.38. The minimum Gasteiger partial charge on any atom is -0.505 e. The number of thiophene rings is 1. The lowest BCUT2D eigenvalue weighted by Gasteiger charge is -2.25. The van der Waals surface area contributed by atoms with Crippen LogP contribution in [0.25, 0.3) is 0 Å². The Labute approximate surface area is 185 Å². The predicted molar refractivity (Wildman–Crippen MR) is 126 cm³/mol. The van der Waals surface area contributed by atoms with Gasteiger partial charge >= 0.3 is 0 Å². The number of hydrogen-bond acceptors (Lipinski definition) is 7. The molecular weight excluding hydrogens is 414 g/mol. The second-order valence-electron chi connectivity index (χ2n) is 8.19. The first-order chi connectivity index (χ1) is 14.5. The average Bonchev–Trinajstić information content (AvgIpc) is 3.05. The average molecular weight is 442 g/mol. The number of hydrogen-bond donors (Lipinski definition) is 3. The number of anilines is 3. The Morgan fingerprint density at radius 1 is 1.10 bits per heavy atom. The molecule has 0 fully saturated rings. The summed E-state index contributed by atoms with van der Waals surface area (Å²) in [7, 11) is 3.17. The highest BCUT2D eigenvalue weighted by Gasteiger charge is 2.28. The van der Waals surface area contributed by atoms with Gasteiger partial charge in [-0.15, -0.1) is 11.3 Å². The van der Waals surface area contributed by atoms with Crippen molar-refractivity contribution in [3.63, 3.8) is 0 Å². The van der Waals surface area contributed by atoms with E-state index in [0.29, 0.717) is 0 Å². The molecule has 0 saturated heterocycles. The van der Waals surface area contributed by atoms with Crippen molar-refractivity contribution in [1.29, 1.82) is 0 Å². The van der Waals surface area contributed by atoms with Gasteiger partial charge in [0, 0.05) is 23.8 Å². The van der Waals surface area contributed by atoms with Crippen molar-refractivity contribution in [1.82, 2.24) is 4.90 Å². The summed E-state index contributed by atoms with van der Waals surface area (Å²) in [5, 5.41) is 16.6. The van der Waals surface area contributed by atoms with Gasteiger partial charge in [0.15, 0.2) is 5.75 Å². The van der Waals surface area contributed by atoms with Crippen LogP contribution in [0.1, 0.15) is 45.6 Å². The van der Waals surface area contributed by atoms with Gasteiger partial charge in [-0.25, -0.2) is 0 Å².